The van der Waals surface area contributed by atoms with Crippen LogP contribution in [-0.2, 0) is 15.7 Å². The molecule has 0 unspecified atom stereocenters. The molecule has 1 aromatic carbocycles. The number of benzene rings is 1. The highest BCUT2D eigenvalue weighted by molar-refractivity contribution is 5.94. The quantitative estimate of drug-likeness (QED) is 0.168. The predicted molar refractivity (Wildman–Crippen MR) is 123 cm³/mol. The van der Waals surface area contributed by atoms with Gasteiger partial charge in [0.05, 0.1) is 18.1 Å². The predicted octanol–water partition coefficient (Wildman–Crippen LogP) is 7.16. The van der Waals surface area contributed by atoms with Crippen molar-refractivity contribution < 1.29 is 31.9 Å². The van der Waals surface area contributed by atoms with Crippen LogP contribution in [0.25, 0.3) is 0 Å². The minimum Gasteiger partial charge on any atom is -0.465 e. The molecule has 1 saturated heterocycles. The lowest BCUT2D eigenvalue weighted by Crippen LogP contribution is -2.40. The van der Waals surface area contributed by atoms with E-state index in [1.807, 2.05) is 0 Å². The third kappa shape index (κ3) is 9.63. The Morgan fingerprint density at radius 1 is 0.912 bits per heavy atom. The van der Waals surface area contributed by atoms with Gasteiger partial charge in [-0.3, -0.25) is 9.59 Å². The summed E-state index contributed by atoms with van der Waals surface area (Å²) in [5, 5.41) is 0. The first-order valence-corrected chi connectivity index (χ1v) is 12.6. The number of unbranched alkanes of at least 4 members (excludes halogenated alkanes) is 9. The number of halogens is 4. The van der Waals surface area contributed by atoms with E-state index in [2.05, 4.69) is 6.92 Å². The summed E-state index contributed by atoms with van der Waals surface area (Å²) in [7, 11) is 0. The Balaban J connectivity index is 1.64. The Morgan fingerprint density at radius 2 is 1.47 bits per heavy atom. The highest BCUT2D eigenvalue weighted by Gasteiger charge is 2.33. The van der Waals surface area contributed by atoms with Gasteiger partial charge in [0.15, 0.2) is 0 Å². The van der Waals surface area contributed by atoms with Crippen molar-refractivity contribution in [2.24, 2.45) is 5.92 Å². The fourth-order valence-corrected chi connectivity index (χ4v) is 4.26. The molecule has 0 saturated carbocycles. The molecule has 1 amide bonds. The molecule has 34 heavy (non-hydrogen) atoms. The average Bonchev–Trinajstić information content (AvgIpc) is 2.81. The molecule has 0 N–H and O–H groups in total. The van der Waals surface area contributed by atoms with Gasteiger partial charge in [0.2, 0.25) is 0 Å². The highest BCUT2D eigenvalue weighted by Crippen LogP contribution is 2.31. The molecule has 1 aliphatic heterocycles. The van der Waals surface area contributed by atoms with Crippen LogP contribution in [0.15, 0.2) is 18.2 Å². The second kappa shape index (κ2) is 14.3. The molecule has 0 aliphatic carbocycles. The summed E-state index contributed by atoms with van der Waals surface area (Å²) in [4.78, 5) is 26.2. The van der Waals surface area contributed by atoms with Crippen LogP contribution in [0.2, 0.25) is 0 Å². The third-order valence-electron chi connectivity index (χ3n) is 6.33. The number of carbonyl (C=O) groups excluding carboxylic acids is 2. The topological polar surface area (TPSA) is 46.6 Å². The molecule has 192 valence electrons. The molecule has 0 spiro atoms. The lowest BCUT2D eigenvalue weighted by atomic mass is 9.96. The minimum atomic E-state index is -4.73. The van der Waals surface area contributed by atoms with Gasteiger partial charge in [0.1, 0.15) is 5.82 Å². The lowest BCUT2D eigenvalue weighted by Gasteiger charge is -2.31. The number of hydrogen-bond donors (Lipinski definition) is 0. The summed E-state index contributed by atoms with van der Waals surface area (Å²) in [6.07, 6.45) is 8.00. The molecule has 1 heterocycles. The van der Waals surface area contributed by atoms with Crippen LogP contribution < -0.4 is 0 Å². The summed E-state index contributed by atoms with van der Waals surface area (Å²) in [6, 6.07) is 1.84. The van der Waals surface area contributed by atoms with E-state index in [9.17, 15) is 27.2 Å². The second-order valence-electron chi connectivity index (χ2n) is 9.14. The van der Waals surface area contributed by atoms with Crippen molar-refractivity contribution in [2.75, 3.05) is 19.7 Å². The Hall–Kier alpha value is -2.12. The second-order valence-corrected chi connectivity index (χ2v) is 9.14. The number of carbonyl (C=O) groups is 2. The number of rotatable bonds is 13. The zero-order valence-electron chi connectivity index (χ0n) is 20.1. The number of amides is 1. The zero-order valence-corrected chi connectivity index (χ0v) is 20.1. The molecule has 1 aliphatic rings. The fourth-order valence-electron chi connectivity index (χ4n) is 4.26. The summed E-state index contributed by atoms with van der Waals surface area (Å²) < 4.78 is 57.7. The molecule has 0 aromatic heterocycles. The van der Waals surface area contributed by atoms with Crippen molar-refractivity contribution in [3.05, 3.63) is 35.1 Å². The van der Waals surface area contributed by atoms with Crippen LogP contribution >= 0.6 is 0 Å². The van der Waals surface area contributed by atoms with E-state index in [4.69, 9.17) is 4.74 Å². The van der Waals surface area contributed by atoms with Gasteiger partial charge in [0.25, 0.3) is 5.91 Å². The Bertz CT molecular complexity index is 774. The van der Waals surface area contributed by atoms with Gasteiger partial charge >= 0.3 is 12.1 Å². The monoisotopic (exact) mass is 487 g/mol. The van der Waals surface area contributed by atoms with Crippen molar-refractivity contribution in [1.82, 2.24) is 4.90 Å². The number of nitrogens with zero attached hydrogens (tertiary/aromatic N) is 1. The van der Waals surface area contributed by atoms with Crippen LogP contribution in [0.5, 0.6) is 0 Å². The Morgan fingerprint density at radius 3 is 2.03 bits per heavy atom. The molecule has 8 heteroatoms. The molecule has 0 bridgehead atoms. The average molecular weight is 488 g/mol. The fraction of sp³-hybridized carbons (Fsp3) is 0.692. The molecule has 2 rings (SSSR count). The maximum Gasteiger partial charge on any atom is 0.416 e. The number of alkyl halides is 3. The number of esters is 1. The van der Waals surface area contributed by atoms with Crippen molar-refractivity contribution in [1.29, 1.82) is 0 Å². The highest BCUT2D eigenvalue weighted by atomic mass is 19.4. The van der Waals surface area contributed by atoms with E-state index >= 15 is 0 Å². The van der Waals surface area contributed by atoms with E-state index in [1.165, 1.54) is 49.8 Å². The third-order valence-corrected chi connectivity index (χ3v) is 6.33. The lowest BCUT2D eigenvalue weighted by molar-refractivity contribution is -0.150. The summed E-state index contributed by atoms with van der Waals surface area (Å²) >= 11 is 0. The maximum atomic E-state index is 13.6. The molecule has 0 atom stereocenters. The summed E-state index contributed by atoms with van der Waals surface area (Å²) in [5.74, 6) is -2.38. The maximum absolute atomic E-state index is 13.6. The molecule has 1 aromatic rings. The van der Waals surface area contributed by atoms with Crippen LogP contribution in [0.1, 0.15) is 99.9 Å². The molecule has 0 radical (unpaired) electrons. The van der Waals surface area contributed by atoms with E-state index < -0.39 is 23.5 Å². The van der Waals surface area contributed by atoms with Crippen molar-refractivity contribution in [2.45, 2.75) is 90.1 Å². The molecule has 4 nitrogen and oxygen atoms in total. The Labute approximate surface area is 200 Å². The van der Waals surface area contributed by atoms with E-state index in [-0.39, 0.29) is 30.5 Å². The van der Waals surface area contributed by atoms with Gasteiger partial charge < -0.3 is 9.64 Å². The van der Waals surface area contributed by atoms with Crippen molar-refractivity contribution in [3.8, 4) is 0 Å². The van der Waals surface area contributed by atoms with E-state index in [1.54, 1.807) is 0 Å². The van der Waals surface area contributed by atoms with Gasteiger partial charge in [-0.2, -0.15) is 13.2 Å². The number of likely N-dealkylation sites (tertiary alicyclic amines) is 1. The van der Waals surface area contributed by atoms with Crippen LogP contribution in [0.3, 0.4) is 0 Å². The first-order valence-electron chi connectivity index (χ1n) is 12.6. The molecule has 1 fully saturated rings. The standard InChI is InChI=1S/C26H37F4NO3/c1-2-3-4-5-6-7-8-9-10-11-16-34-25(33)20-12-14-31(15-13-20)24(32)21-17-22(26(28,29)30)19-23(27)18-21/h17-20H,2-16H2,1H3. The van der Waals surface area contributed by atoms with Gasteiger partial charge in [0, 0.05) is 18.7 Å². The van der Waals surface area contributed by atoms with Gasteiger partial charge in [-0.15, -0.1) is 0 Å². The normalized spacial score (nSPS) is 14.9. The first kappa shape index (κ1) is 28.1. The Kier molecular flexibility index (Phi) is 11.8. The smallest absolute Gasteiger partial charge is 0.416 e. The number of ether oxygens (including phenoxy) is 1. The van der Waals surface area contributed by atoms with Gasteiger partial charge in [-0.1, -0.05) is 64.7 Å². The van der Waals surface area contributed by atoms with Gasteiger partial charge in [-0.05, 0) is 37.5 Å². The minimum absolute atomic E-state index is 0.217. The van der Waals surface area contributed by atoms with Crippen LogP contribution in [-0.4, -0.2) is 36.5 Å². The van der Waals surface area contributed by atoms with Crippen molar-refractivity contribution >= 4 is 11.9 Å². The summed E-state index contributed by atoms with van der Waals surface area (Å²) in [5.41, 5.74) is -1.53. The number of piperidine rings is 1. The van der Waals surface area contributed by atoms with Crippen LogP contribution in [0, 0.1) is 11.7 Å². The van der Waals surface area contributed by atoms with E-state index in [0.29, 0.717) is 31.6 Å². The molecular weight excluding hydrogens is 450 g/mol. The number of hydrogen-bond acceptors (Lipinski definition) is 3. The van der Waals surface area contributed by atoms with Crippen LogP contribution in [0.4, 0.5) is 17.6 Å². The zero-order chi connectivity index (χ0) is 25.0. The van der Waals surface area contributed by atoms with Crippen molar-refractivity contribution in [3.63, 3.8) is 0 Å². The van der Waals surface area contributed by atoms with E-state index in [0.717, 1.165) is 25.3 Å². The summed E-state index contributed by atoms with van der Waals surface area (Å²) in [6.45, 7) is 3.03. The SMILES string of the molecule is CCCCCCCCCCCCOC(=O)C1CCN(C(=O)c2cc(F)cc(C(F)(F)F)c2)CC1. The first-order chi connectivity index (χ1) is 16.2. The van der Waals surface area contributed by atoms with Gasteiger partial charge in [-0.25, -0.2) is 4.39 Å². The molecular formula is C26H37F4NO3. The largest absolute Gasteiger partial charge is 0.465 e.